The number of fused-ring (bicyclic) bond motifs is 2. The number of oxazole rings is 2. The quantitative estimate of drug-likeness (QED) is 0.217. The SMILES string of the molecule is Cc1cc(-c2nc3c(o2)C(=O)C(N2CCC2N(C)C2CCN2C2=CC(=O)c4nc(-c5ccc(Br)c(C)c5)oc4C2=O)=CC3=O)ccc1Br. The number of aryl methyl sites for hydroxylation is 2. The molecule has 2 saturated heterocycles. The number of rotatable bonds is 6. The Morgan fingerprint density at radius 1 is 0.708 bits per heavy atom. The molecule has 2 atom stereocenters. The number of hydrogen-bond acceptors (Lipinski definition) is 11. The van der Waals surface area contributed by atoms with Gasteiger partial charge < -0.3 is 18.6 Å². The van der Waals surface area contributed by atoms with Crippen LogP contribution in [0, 0.1) is 13.8 Å². The predicted molar refractivity (Wildman–Crippen MR) is 180 cm³/mol. The molecule has 2 aliphatic carbocycles. The molecule has 0 N–H and O–H groups in total. The maximum atomic E-state index is 13.7. The van der Waals surface area contributed by atoms with Crippen LogP contribution in [0.15, 0.2) is 77.7 Å². The lowest BCUT2D eigenvalue weighted by Crippen LogP contribution is -2.66. The number of allylic oxidation sites excluding steroid dienone is 4. The average molecular weight is 773 g/mol. The number of carbonyl (C=O) groups excluding carboxylic acids is 4. The minimum Gasteiger partial charge on any atom is -0.432 e. The minimum absolute atomic E-state index is 0.00699. The molecule has 0 bridgehead atoms. The molecule has 2 aliphatic heterocycles. The second-order valence-electron chi connectivity index (χ2n) is 12.4. The molecule has 0 spiro atoms. The van der Waals surface area contributed by atoms with E-state index in [1.807, 2.05) is 67.1 Å². The number of hydrogen-bond donors (Lipinski definition) is 0. The molecule has 8 rings (SSSR count). The number of benzene rings is 2. The summed E-state index contributed by atoms with van der Waals surface area (Å²) < 4.78 is 13.7. The highest BCUT2D eigenvalue weighted by Crippen LogP contribution is 2.39. The van der Waals surface area contributed by atoms with Gasteiger partial charge in [0.25, 0.3) is 0 Å². The van der Waals surface area contributed by atoms with Crippen molar-refractivity contribution < 1.29 is 28.0 Å². The number of Topliss-reactive ketones (excluding diaryl/α,β-unsaturated/α-hetero) is 2. The zero-order valence-corrected chi connectivity index (χ0v) is 29.2. The second kappa shape index (κ2) is 11.3. The van der Waals surface area contributed by atoms with Crippen LogP contribution in [0.1, 0.15) is 66.1 Å². The van der Waals surface area contributed by atoms with Crippen LogP contribution in [0.25, 0.3) is 22.9 Å². The van der Waals surface area contributed by atoms with Crippen molar-refractivity contribution in [1.82, 2.24) is 24.7 Å². The summed E-state index contributed by atoms with van der Waals surface area (Å²) in [6.07, 6.45) is 3.71. The van der Waals surface area contributed by atoms with Gasteiger partial charge in [0.05, 0.1) is 23.7 Å². The fourth-order valence-corrected chi connectivity index (χ4v) is 7.11. The molecule has 2 fully saturated rings. The van der Waals surface area contributed by atoms with E-state index in [1.54, 1.807) is 0 Å². The number of halogens is 2. The highest BCUT2D eigenvalue weighted by Gasteiger charge is 2.47. The molecule has 2 aromatic heterocycles. The van der Waals surface area contributed by atoms with Crippen molar-refractivity contribution in [3.05, 3.63) is 103 Å². The van der Waals surface area contributed by atoms with Gasteiger partial charge in [-0.1, -0.05) is 31.9 Å². The van der Waals surface area contributed by atoms with Crippen LogP contribution in [0.4, 0.5) is 0 Å². The summed E-state index contributed by atoms with van der Waals surface area (Å²) in [6, 6.07) is 11.1. The van der Waals surface area contributed by atoms with Crippen LogP contribution in [0.2, 0.25) is 0 Å². The van der Waals surface area contributed by atoms with E-state index >= 15 is 0 Å². The van der Waals surface area contributed by atoms with Crippen LogP contribution < -0.4 is 0 Å². The van der Waals surface area contributed by atoms with Gasteiger partial charge in [-0.2, -0.15) is 0 Å². The van der Waals surface area contributed by atoms with Gasteiger partial charge in [-0.3, -0.25) is 24.1 Å². The molecule has 11 nitrogen and oxygen atoms in total. The molecule has 2 aromatic carbocycles. The van der Waals surface area contributed by atoms with Gasteiger partial charge in [-0.05, 0) is 81.3 Å². The molecule has 0 saturated carbocycles. The summed E-state index contributed by atoms with van der Waals surface area (Å²) in [5, 5.41) is 0. The van der Waals surface area contributed by atoms with E-state index in [2.05, 4.69) is 46.7 Å². The first-order chi connectivity index (χ1) is 23.0. The number of ketones is 4. The van der Waals surface area contributed by atoms with E-state index in [0.717, 1.165) is 32.9 Å². The Hall–Kier alpha value is -4.46. The Bertz CT molecular complexity index is 2030. The van der Waals surface area contributed by atoms with Crippen LogP contribution in [-0.2, 0) is 0 Å². The average Bonchev–Trinajstić information content (AvgIpc) is 3.67. The number of likely N-dealkylation sites (tertiary alicyclic amines) is 2. The predicted octanol–water partition coefficient (Wildman–Crippen LogP) is 6.36. The Labute approximate surface area is 291 Å². The van der Waals surface area contributed by atoms with Crippen LogP contribution in [0.5, 0.6) is 0 Å². The molecule has 4 aromatic rings. The van der Waals surface area contributed by atoms with E-state index < -0.39 is 11.6 Å². The fraction of sp³-hybridized carbons (Fsp3) is 0.257. The summed E-state index contributed by atoms with van der Waals surface area (Å²) in [4.78, 5) is 68.3. The monoisotopic (exact) mass is 771 g/mol. The normalized spacial score (nSPS) is 20.4. The lowest BCUT2D eigenvalue weighted by molar-refractivity contribution is -0.0904. The van der Waals surface area contributed by atoms with Gasteiger partial charge in [-0.15, -0.1) is 0 Å². The van der Waals surface area contributed by atoms with E-state index in [4.69, 9.17) is 8.83 Å². The Balaban J connectivity index is 1.00. The van der Waals surface area contributed by atoms with E-state index in [9.17, 15) is 19.2 Å². The van der Waals surface area contributed by atoms with Gasteiger partial charge in [0.1, 0.15) is 0 Å². The van der Waals surface area contributed by atoms with Crippen LogP contribution >= 0.6 is 31.9 Å². The van der Waals surface area contributed by atoms with Crippen LogP contribution in [-0.4, -0.2) is 80.3 Å². The van der Waals surface area contributed by atoms with Gasteiger partial charge >= 0.3 is 0 Å². The lowest BCUT2D eigenvalue weighted by Gasteiger charge is -2.56. The molecular weight excluding hydrogens is 746 g/mol. The molecule has 0 radical (unpaired) electrons. The highest BCUT2D eigenvalue weighted by molar-refractivity contribution is 9.10. The molecule has 0 amide bonds. The van der Waals surface area contributed by atoms with Crippen molar-refractivity contribution >= 4 is 55.0 Å². The van der Waals surface area contributed by atoms with Crippen molar-refractivity contribution in [2.45, 2.75) is 39.0 Å². The van der Waals surface area contributed by atoms with Gasteiger partial charge in [0, 0.05) is 45.3 Å². The third-order valence-electron chi connectivity index (χ3n) is 9.48. The summed E-state index contributed by atoms with van der Waals surface area (Å²) in [7, 11) is 1.92. The zero-order valence-electron chi connectivity index (χ0n) is 26.0. The second-order valence-corrected chi connectivity index (χ2v) is 14.1. The van der Waals surface area contributed by atoms with Crippen LogP contribution in [0.3, 0.4) is 0 Å². The van der Waals surface area contributed by atoms with Crippen molar-refractivity contribution in [3.63, 3.8) is 0 Å². The molecule has 4 aliphatic rings. The Morgan fingerprint density at radius 3 is 1.48 bits per heavy atom. The maximum absolute atomic E-state index is 13.7. The fourth-order valence-electron chi connectivity index (χ4n) is 6.61. The molecule has 4 heterocycles. The molecule has 48 heavy (non-hydrogen) atoms. The van der Waals surface area contributed by atoms with Gasteiger partial charge in [0.2, 0.25) is 46.4 Å². The van der Waals surface area contributed by atoms with Crippen molar-refractivity contribution in [2.75, 3.05) is 20.1 Å². The molecular formula is C35H27Br2N5O6. The topological polar surface area (TPSA) is 130 Å². The van der Waals surface area contributed by atoms with E-state index in [-0.39, 0.29) is 70.0 Å². The summed E-state index contributed by atoms with van der Waals surface area (Å²) >= 11 is 6.96. The van der Waals surface area contributed by atoms with E-state index in [1.165, 1.54) is 12.2 Å². The molecule has 13 heteroatoms. The highest BCUT2D eigenvalue weighted by atomic mass is 79.9. The maximum Gasteiger partial charge on any atom is 0.246 e. The number of aromatic nitrogens is 2. The first-order valence-electron chi connectivity index (χ1n) is 15.4. The standard InChI is InChI=1S/C35H27Br2N5O6/c1-16-12-18(4-6-20(16)36)34-38-28-24(43)14-22(30(45)32(28)47-34)41-10-8-26(41)40(3)27-9-11-42(27)23-15-25(44)29-33(31(23)46)48-35(39-29)19-5-7-21(37)17(2)13-19/h4-7,12-15,26-27H,8-11H2,1-3H3. The summed E-state index contributed by atoms with van der Waals surface area (Å²) in [5.74, 6) is -1.28. The van der Waals surface area contributed by atoms with E-state index in [0.29, 0.717) is 24.2 Å². The smallest absolute Gasteiger partial charge is 0.246 e. The van der Waals surface area contributed by atoms with Crippen molar-refractivity contribution in [1.29, 1.82) is 0 Å². The zero-order chi connectivity index (χ0) is 33.6. The summed E-state index contributed by atoms with van der Waals surface area (Å²) in [5.41, 5.74) is 3.78. The first kappa shape index (κ1) is 30.8. The van der Waals surface area contributed by atoms with Gasteiger partial charge in [0.15, 0.2) is 11.4 Å². The van der Waals surface area contributed by atoms with Crippen molar-refractivity contribution in [2.24, 2.45) is 0 Å². The number of nitrogens with zero attached hydrogens (tertiary/aromatic N) is 5. The summed E-state index contributed by atoms with van der Waals surface area (Å²) in [6.45, 7) is 4.99. The Kier molecular flexibility index (Phi) is 7.27. The third kappa shape index (κ3) is 4.78. The minimum atomic E-state index is -0.397. The molecule has 2 unspecified atom stereocenters. The third-order valence-corrected chi connectivity index (χ3v) is 11.3. The first-order valence-corrected chi connectivity index (χ1v) is 17.0. The molecule has 242 valence electrons. The van der Waals surface area contributed by atoms with Crippen molar-refractivity contribution in [3.8, 4) is 22.9 Å². The lowest BCUT2D eigenvalue weighted by atomic mass is 9.95. The number of carbonyl (C=O) groups is 4. The Morgan fingerprint density at radius 2 is 1.12 bits per heavy atom. The van der Waals surface area contributed by atoms with Gasteiger partial charge in [-0.25, -0.2) is 9.97 Å². The largest absolute Gasteiger partial charge is 0.432 e.